The van der Waals surface area contributed by atoms with Gasteiger partial charge in [-0.2, -0.15) is 0 Å². The Kier molecular flexibility index (Phi) is 6.85. The SMILES string of the molecule is Cc1ccccc1CNC(=O)C1CCC(C(=O)NCc2ccccc2C)CC1. The van der Waals surface area contributed by atoms with Gasteiger partial charge in [-0.15, -0.1) is 0 Å². The Bertz CT molecular complexity index is 753. The Hall–Kier alpha value is -2.62. The first-order valence-electron chi connectivity index (χ1n) is 10.2. The van der Waals surface area contributed by atoms with Crippen LogP contribution in [0.25, 0.3) is 0 Å². The van der Waals surface area contributed by atoms with E-state index in [2.05, 4.69) is 36.6 Å². The lowest BCUT2D eigenvalue weighted by Gasteiger charge is -2.27. The van der Waals surface area contributed by atoms with Crippen LogP contribution in [0.5, 0.6) is 0 Å². The minimum atomic E-state index is 0.0180. The molecule has 0 aromatic heterocycles. The van der Waals surface area contributed by atoms with Gasteiger partial charge in [-0.05, 0) is 61.8 Å². The highest BCUT2D eigenvalue weighted by atomic mass is 16.2. The maximum Gasteiger partial charge on any atom is 0.223 e. The molecule has 3 rings (SSSR count). The highest BCUT2D eigenvalue weighted by Gasteiger charge is 2.29. The summed E-state index contributed by atoms with van der Waals surface area (Å²) >= 11 is 0. The number of hydrogen-bond donors (Lipinski definition) is 2. The van der Waals surface area contributed by atoms with Crippen LogP contribution in [0, 0.1) is 25.7 Å². The van der Waals surface area contributed by atoms with Gasteiger partial charge in [0, 0.05) is 24.9 Å². The molecule has 4 nitrogen and oxygen atoms in total. The highest BCUT2D eigenvalue weighted by molar-refractivity contribution is 5.81. The molecule has 0 bridgehead atoms. The van der Waals surface area contributed by atoms with Crippen molar-refractivity contribution in [3.05, 3.63) is 70.8 Å². The van der Waals surface area contributed by atoms with Gasteiger partial charge in [0.2, 0.25) is 11.8 Å². The predicted octanol–water partition coefficient (Wildman–Crippen LogP) is 4.04. The second-order valence-corrected chi connectivity index (χ2v) is 7.84. The normalized spacial score (nSPS) is 19.1. The highest BCUT2D eigenvalue weighted by Crippen LogP contribution is 2.29. The average Bonchev–Trinajstić information content (AvgIpc) is 2.72. The first-order chi connectivity index (χ1) is 13.5. The summed E-state index contributed by atoms with van der Waals surface area (Å²) in [6.07, 6.45) is 3.12. The minimum Gasteiger partial charge on any atom is -0.352 e. The van der Waals surface area contributed by atoms with Crippen molar-refractivity contribution in [3.63, 3.8) is 0 Å². The zero-order valence-electron chi connectivity index (χ0n) is 16.8. The Morgan fingerprint density at radius 1 is 0.714 bits per heavy atom. The van der Waals surface area contributed by atoms with Gasteiger partial charge in [0.25, 0.3) is 0 Å². The molecule has 2 aromatic rings. The van der Waals surface area contributed by atoms with E-state index in [1.807, 2.05) is 36.4 Å². The monoisotopic (exact) mass is 378 g/mol. The molecule has 0 unspecified atom stereocenters. The molecular weight excluding hydrogens is 348 g/mol. The molecule has 1 fully saturated rings. The molecule has 1 aliphatic rings. The van der Waals surface area contributed by atoms with Gasteiger partial charge in [-0.3, -0.25) is 9.59 Å². The molecule has 0 saturated heterocycles. The van der Waals surface area contributed by atoms with Crippen LogP contribution in [0.4, 0.5) is 0 Å². The summed E-state index contributed by atoms with van der Waals surface area (Å²) in [5.74, 6) is 0.262. The average molecular weight is 379 g/mol. The van der Waals surface area contributed by atoms with E-state index in [1.54, 1.807) is 0 Å². The fourth-order valence-corrected chi connectivity index (χ4v) is 3.89. The summed E-state index contributed by atoms with van der Waals surface area (Å²) in [5.41, 5.74) is 4.69. The van der Waals surface area contributed by atoms with Gasteiger partial charge in [-0.25, -0.2) is 0 Å². The van der Waals surface area contributed by atoms with E-state index < -0.39 is 0 Å². The number of rotatable bonds is 6. The van der Waals surface area contributed by atoms with Crippen LogP contribution in [0.1, 0.15) is 47.9 Å². The number of hydrogen-bond acceptors (Lipinski definition) is 2. The van der Waals surface area contributed by atoms with Crippen molar-refractivity contribution in [1.29, 1.82) is 0 Å². The number of benzene rings is 2. The smallest absolute Gasteiger partial charge is 0.223 e. The fraction of sp³-hybridized carbons (Fsp3) is 0.417. The number of carbonyl (C=O) groups is 2. The topological polar surface area (TPSA) is 58.2 Å². The zero-order chi connectivity index (χ0) is 19.9. The summed E-state index contributed by atoms with van der Waals surface area (Å²) in [7, 11) is 0. The summed E-state index contributed by atoms with van der Waals surface area (Å²) in [6.45, 7) is 5.26. The maximum atomic E-state index is 12.5. The molecule has 0 spiro atoms. The largest absolute Gasteiger partial charge is 0.352 e. The summed E-state index contributed by atoms with van der Waals surface area (Å²) < 4.78 is 0. The van der Waals surface area contributed by atoms with Crippen molar-refractivity contribution in [2.75, 3.05) is 0 Å². The summed E-state index contributed by atoms with van der Waals surface area (Å²) in [6, 6.07) is 16.2. The molecular formula is C24H30N2O2. The number of amides is 2. The standard InChI is InChI=1S/C24H30N2O2/c1-17-7-3-5-9-21(17)15-25-23(27)19-11-13-20(14-12-19)24(28)26-16-22-10-6-4-8-18(22)2/h3-10,19-20H,11-16H2,1-2H3,(H,25,27)(H,26,28). The van der Waals surface area contributed by atoms with Gasteiger partial charge < -0.3 is 10.6 Å². The molecule has 0 atom stereocenters. The van der Waals surface area contributed by atoms with Crippen LogP contribution in [0.3, 0.4) is 0 Å². The van der Waals surface area contributed by atoms with E-state index in [-0.39, 0.29) is 23.7 Å². The van der Waals surface area contributed by atoms with Crippen LogP contribution in [0.2, 0.25) is 0 Å². The molecule has 0 heterocycles. The van der Waals surface area contributed by atoms with E-state index in [9.17, 15) is 9.59 Å². The lowest BCUT2D eigenvalue weighted by Crippen LogP contribution is -2.37. The summed E-state index contributed by atoms with van der Waals surface area (Å²) in [5, 5.41) is 6.13. The molecule has 2 aromatic carbocycles. The Morgan fingerprint density at radius 3 is 1.43 bits per heavy atom. The van der Waals surface area contributed by atoms with E-state index in [0.29, 0.717) is 13.1 Å². The van der Waals surface area contributed by atoms with E-state index in [1.165, 1.54) is 11.1 Å². The van der Waals surface area contributed by atoms with E-state index in [0.717, 1.165) is 36.8 Å². The Balaban J connectivity index is 1.42. The number of nitrogens with one attached hydrogen (secondary N) is 2. The fourth-order valence-electron chi connectivity index (χ4n) is 3.89. The molecule has 2 N–H and O–H groups in total. The van der Waals surface area contributed by atoms with Crippen molar-refractivity contribution in [2.24, 2.45) is 11.8 Å². The lowest BCUT2D eigenvalue weighted by atomic mass is 9.81. The first-order valence-corrected chi connectivity index (χ1v) is 10.2. The Labute approximate surface area is 167 Å². The molecule has 0 aliphatic heterocycles. The van der Waals surface area contributed by atoms with E-state index in [4.69, 9.17) is 0 Å². The van der Waals surface area contributed by atoms with Crippen LogP contribution < -0.4 is 10.6 Å². The molecule has 4 heteroatoms. The molecule has 148 valence electrons. The number of carbonyl (C=O) groups excluding carboxylic acids is 2. The molecule has 2 amide bonds. The molecule has 28 heavy (non-hydrogen) atoms. The van der Waals surface area contributed by atoms with Crippen LogP contribution in [-0.4, -0.2) is 11.8 Å². The number of aryl methyl sites for hydroxylation is 2. The third-order valence-electron chi connectivity index (χ3n) is 5.90. The van der Waals surface area contributed by atoms with Crippen molar-refractivity contribution < 1.29 is 9.59 Å². The van der Waals surface area contributed by atoms with Gasteiger partial charge in [-0.1, -0.05) is 48.5 Å². The van der Waals surface area contributed by atoms with Crippen molar-refractivity contribution in [3.8, 4) is 0 Å². The lowest BCUT2D eigenvalue weighted by molar-refractivity contribution is -0.130. The first kappa shape index (κ1) is 20.1. The summed E-state index contributed by atoms with van der Waals surface area (Å²) in [4.78, 5) is 25.0. The maximum absolute atomic E-state index is 12.5. The molecule has 1 aliphatic carbocycles. The second kappa shape index (κ2) is 9.54. The zero-order valence-corrected chi connectivity index (χ0v) is 16.8. The van der Waals surface area contributed by atoms with Crippen LogP contribution in [-0.2, 0) is 22.7 Å². The van der Waals surface area contributed by atoms with E-state index >= 15 is 0 Å². The predicted molar refractivity (Wildman–Crippen MR) is 111 cm³/mol. The third-order valence-corrected chi connectivity index (χ3v) is 5.90. The quantitative estimate of drug-likeness (QED) is 0.797. The van der Waals surface area contributed by atoms with Crippen molar-refractivity contribution in [1.82, 2.24) is 10.6 Å². The van der Waals surface area contributed by atoms with Crippen molar-refractivity contribution >= 4 is 11.8 Å². The Morgan fingerprint density at radius 2 is 1.07 bits per heavy atom. The molecule has 0 radical (unpaired) electrons. The van der Waals surface area contributed by atoms with Gasteiger partial charge in [0.15, 0.2) is 0 Å². The van der Waals surface area contributed by atoms with Gasteiger partial charge in [0.1, 0.15) is 0 Å². The van der Waals surface area contributed by atoms with Crippen LogP contribution >= 0.6 is 0 Å². The second-order valence-electron chi connectivity index (χ2n) is 7.84. The third kappa shape index (κ3) is 5.22. The molecule has 1 saturated carbocycles. The minimum absolute atomic E-state index is 0.0180. The van der Waals surface area contributed by atoms with Gasteiger partial charge >= 0.3 is 0 Å². The van der Waals surface area contributed by atoms with Crippen LogP contribution in [0.15, 0.2) is 48.5 Å². The van der Waals surface area contributed by atoms with Gasteiger partial charge in [0.05, 0.1) is 0 Å². The van der Waals surface area contributed by atoms with Crippen molar-refractivity contribution in [2.45, 2.75) is 52.6 Å².